The highest BCUT2D eigenvalue weighted by Gasteiger charge is 2.15. The Morgan fingerprint density at radius 3 is 2.67 bits per heavy atom. The molecule has 2 heterocycles. The zero-order chi connectivity index (χ0) is 10.8. The molecule has 0 aliphatic heterocycles. The summed E-state index contributed by atoms with van der Waals surface area (Å²) in [5.41, 5.74) is 1.05. The van der Waals surface area contributed by atoms with Gasteiger partial charge in [0.25, 0.3) is 0 Å². The molecule has 0 aliphatic carbocycles. The number of aliphatic hydroxyl groups is 1. The molecule has 3 heteroatoms. The zero-order valence-electron chi connectivity index (χ0n) is 8.86. The van der Waals surface area contributed by atoms with Gasteiger partial charge in [0.1, 0.15) is 6.10 Å². The molecular weight excluding hydrogens is 224 g/mol. The lowest BCUT2D eigenvalue weighted by Gasteiger charge is -2.07. The minimum absolute atomic E-state index is 0.443. The van der Waals surface area contributed by atoms with Crippen molar-refractivity contribution in [2.24, 2.45) is 0 Å². The third-order valence-electron chi connectivity index (χ3n) is 2.49. The van der Waals surface area contributed by atoms with E-state index in [9.17, 15) is 5.11 Å². The Bertz CT molecular complexity index is 442. The average molecular weight is 238 g/mol. The molecule has 1 N–H and O–H groups in total. The van der Waals surface area contributed by atoms with Gasteiger partial charge in [0.2, 0.25) is 0 Å². The molecule has 0 fully saturated rings. The fraction of sp³-hybridized carbons (Fsp3) is 0.333. The van der Waals surface area contributed by atoms with Crippen molar-refractivity contribution < 1.29 is 5.11 Å². The Morgan fingerprint density at radius 2 is 2.13 bits per heavy atom. The van der Waals surface area contributed by atoms with Gasteiger partial charge in [0.05, 0.1) is 0 Å². The van der Waals surface area contributed by atoms with Gasteiger partial charge in [-0.05, 0) is 42.5 Å². The van der Waals surface area contributed by atoms with E-state index in [1.165, 1.54) is 9.75 Å². The Morgan fingerprint density at radius 1 is 1.33 bits per heavy atom. The van der Waals surface area contributed by atoms with E-state index in [1.807, 2.05) is 17.5 Å². The molecule has 0 aromatic carbocycles. The molecule has 80 valence electrons. The van der Waals surface area contributed by atoms with E-state index in [0.717, 1.165) is 16.9 Å². The standard InChI is InChI=1S/C12H14OS2/c1-3-9-4-5-11(15-9)12(13)10-6-7-14-8(10)2/h4-7,12-13H,3H2,1-2H3. The molecule has 1 nitrogen and oxygen atoms in total. The molecule has 0 saturated heterocycles. The van der Waals surface area contributed by atoms with Crippen LogP contribution >= 0.6 is 22.7 Å². The van der Waals surface area contributed by atoms with Gasteiger partial charge >= 0.3 is 0 Å². The number of aliphatic hydroxyl groups excluding tert-OH is 1. The minimum Gasteiger partial charge on any atom is -0.383 e. The summed E-state index contributed by atoms with van der Waals surface area (Å²) in [5.74, 6) is 0. The van der Waals surface area contributed by atoms with Gasteiger partial charge in [-0.2, -0.15) is 0 Å². The molecule has 2 rings (SSSR count). The van der Waals surface area contributed by atoms with Crippen LogP contribution in [-0.4, -0.2) is 5.11 Å². The molecule has 15 heavy (non-hydrogen) atoms. The van der Waals surface area contributed by atoms with Gasteiger partial charge in [0.15, 0.2) is 0 Å². The second-order valence-corrected chi connectivity index (χ2v) is 5.81. The number of aryl methyl sites for hydroxylation is 2. The Kier molecular flexibility index (Phi) is 3.24. The van der Waals surface area contributed by atoms with Crippen molar-refractivity contribution in [2.75, 3.05) is 0 Å². The summed E-state index contributed by atoms with van der Waals surface area (Å²) >= 11 is 3.39. The predicted octanol–water partition coefficient (Wildman–Crippen LogP) is 3.76. The van der Waals surface area contributed by atoms with Crippen molar-refractivity contribution in [3.63, 3.8) is 0 Å². The normalized spacial score (nSPS) is 13.0. The smallest absolute Gasteiger partial charge is 0.114 e. The summed E-state index contributed by atoms with van der Waals surface area (Å²) in [5, 5.41) is 12.2. The van der Waals surface area contributed by atoms with Crippen LogP contribution in [-0.2, 0) is 6.42 Å². The molecule has 2 aromatic heterocycles. The van der Waals surface area contributed by atoms with E-state index < -0.39 is 6.10 Å². The third-order valence-corrected chi connectivity index (χ3v) is 4.64. The van der Waals surface area contributed by atoms with Crippen LogP contribution in [0.15, 0.2) is 23.6 Å². The molecule has 0 radical (unpaired) electrons. The Balaban J connectivity index is 2.28. The molecule has 2 aromatic rings. The summed E-state index contributed by atoms with van der Waals surface area (Å²) in [6.45, 7) is 4.19. The van der Waals surface area contributed by atoms with E-state index in [1.54, 1.807) is 22.7 Å². The van der Waals surface area contributed by atoms with Crippen molar-refractivity contribution >= 4 is 22.7 Å². The molecule has 0 amide bonds. The molecule has 1 atom stereocenters. The van der Waals surface area contributed by atoms with Gasteiger partial charge in [-0.15, -0.1) is 22.7 Å². The van der Waals surface area contributed by atoms with Crippen LogP contribution in [0.3, 0.4) is 0 Å². The highest BCUT2D eigenvalue weighted by Crippen LogP contribution is 2.32. The van der Waals surface area contributed by atoms with Gasteiger partial charge in [-0.1, -0.05) is 6.92 Å². The lowest BCUT2D eigenvalue weighted by molar-refractivity contribution is 0.224. The lowest BCUT2D eigenvalue weighted by Crippen LogP contribution is -1.96. The maximum Gasteiger partial charge on any atom is 0.114 e. The Hall–Kier alpha value is -0.640. The largest absolute Gasteiger partial charge is 0.383 e. The fourth-order valence-electron chi connectivity index (χ4n) is 1.56. The summed E-state index contributed by atoms with van der Waals surface area (Å²) in [6, 6.07) is 6.15. The van der Waals surface area contributed by atoms with Crippen LogP contribution in [0.4, 0.5) is 0 Å². The lowest BCUT2D eigenvalue weighted by atomic mass is 10.1. The van der Waals surface area contributed by atoms with Crippen LogP contribution in [0.1, 0.15) is 33.2 Å². The van der Waals surface area contributed by atoms with Gasteiger partial charge in [0, 0.05) is 14.6 Å². The molecule has 0 aliphatic rings. The molecular formula is C12H14OS2. The van der Waals surface area contributed by atoms with Crippen molar-refractivity contribution in [3.05, 3.63) is 43.8 Å². The van der Waals surface area contributed by atoms with Crippen LogP contribution in [0.2, 0.25) is 0 Å². The summed E-state index contributed by atoms with van der Waals surface area (Å²) < 4.78 is 0. The maximum atomic E-state index is 10.2. The van der Waals surface area contributed by atoms with Gasteiger partial charge in [-0.25, -0.2) is 0 Å². The summed E-state index contributed by atoms with van der Waals surface area (Å²) in [4.78, 5) is 3.58. The molecule has 1 unspecified atom stereocenters. The monoisotopic (exact) mass is 238 g/mol. The van der Waals surface area contributed by atoms with Crippen LogP contribution in [0.25, 0.3) is 0 Å². The summed E-state index contributed by atoms with van der Waals surface area (Å²) in [7, 11) is 0. The van der Waals surface area contributed by atoms with Crippen LogP contribution < -0.4 is 0 Å². The molecule has 0 saturated carbocycles. The first kappa shape index (κ1) is 10.9. The van der Waals surface area contributed by atoms with E-state index in [0.29, 0.717) is 0 Å². The highest BCUT2D eigenvalue weighted by atomic mass is 32.1. The van der Waals surface area contributed by atoms with Crippen molar-refractivity contribution in [3.8, 4) is 0 Å². The van der Waals surface area contributed by atoms with E-state index in [4.69, 9.17) is 0 Å². The molecule has 0 bridgehead atoms. The number of hydrogen-bond donors (Lipinski definition) is 1. The van der Waals surface area contributed by atoms with Gasteiger partial charge < -0.3 is 5.11 Å². The summed E-state index contributed by atoms with van der Waals surface area (Å²) in [6.07, 6.45) is 0.599. The second-order valence-electron chi connectivity index (χ2n) is 3.49. The topological polar surface area (TPSA) is 20.2 Å². The average Bonchev–Trinajstić information content (AvgIpc) is 2.84. The van der Waals surface area contributed by atoms with Crippen LogP contribution in [0, 0.1) is 6.92 Å². The number of hydrogen-bond acceptors (Lipinski definition) is 3. The van der Waals surface area contributed by atoms with E-state index in [-0.39, 0.29) is 0 Å². The number of rotatable bonds is 3. The van der Waals surface area contributed by atoms with E-state index in [2.05, 4.69) is 19.9 Å². The zero-order valence-corrected chi connectivity index (χ0v) is 10.5. The second kappa shape index (κ2) is 4.47. The van der Waals surface area contributed by atoms with Crippen molar-refractivity contribution in [1.29, 1.82) is 0 Å². The number of thiophene rings is 2. The van der Waals surface area contributed by atoms with E-state index >= 15 is 0 Å². The third kappa shape index (κ3) is 2.14. The molecule has 0 spiro atoms. The Labute approximate surface area is 98.0 Å². The van der Waals surface area contributed by atoms with Crippen molar-refractivity contribution in [2.45, 2.75) is 26.4 Å². The first-order chi connectivity index (χ1) is 7.22. The fourth-order valence-corrected chi connectivity index (χ4v) is 3.26. The minimum atomic E-state index is -0.443. The quantitative estimate of drug-likeness (QED) is 0.863. The van der Waals surface area contributed by atoms with Gasteiger partial charge in [-0.3, -0.25) is 0 Å². The first-order valence-corrected chi connectivity index (χ1v) is 6.72. The maximum absolute atomic E-state index is 10.2. The van der Waals surface area contributed by atoms with Crippen molar-refractivity contribution in [1.82, 2.24) is 0 Å². The van der Waals surface area contributed by atoms with Crippen LogP contribution in [0.5, 0.6) is 0 Å². The SMILES string of the molecule is CCc1ccc(C(O)c2ccsc2C)s1. The predicted molar refractivity (Wildman–Crippen MR) is 66.8 cm³/mol. The highest BCUT2D eigenvalue weighted by molar-refractivity contribution is 7.12. The first-order valence-electron chi connectivity index (χ1n) is 5.03.